The topological polar surface area (TPSA) is 102 Å². The molecule has 1 saturated heterocycles. The highest BCUT2D eigenvalue weighted by Crippen LogP contribution is 2.29. The van der Waals surface area contributed by atoms with Crippen molar-refractivity contribution >= 4 is 35.1 Å². The van der Waals surface area contributed by atoms with Crippen molar-refractivity contribution in [2.75, 3.05) is 30.5 Å². The van der Waals surface area contributed by atoms with Crippen molar-refractivity contribution in [3.63, 3.8) is 0 Å². The highest BCUT2D eigenvalue weighted by molar-refractivity contribution is 6.03. The lowest BCUT2D eigenvalue weighted by atomic mass is 10.1. The van der Waals surface area contributed by atoms with Gasteiger partial charge in [0.15, 0.2) is 6.61 Å². The zero-order valence-corrected chi connectivity index (χ0v) is 15.8. The maximum Gasteiger partial charge on any atom is 0.338 e. The fourth-order valence-corrected chi connectivity index (χ4v) is 2.98. The summed E-state index contributed by atoms with van der Waals surface area (Å²) < 4.78 is 9.62. The van der Waals surface area contributed by atoms with Gasteiger partial charge in [-0.3, -0.25) is 9.59 Å². The van der Waals surface area contributed by atoms with E-state index in [1.807, 2.05) is 0 Å². The molecule has 0 saturated carbocycles. The predicted octanol–water partition coefficient (Wildman–Crippen LogP) is 2.40. The third-order valence-electron chi connectivity index (χ3n) is 4.42. The number of esters is 2. The second-order valence-electron chi connectivity index (χ2n) is 6.36. The number of hydrogen-bond acceptors (Lipinski definition) is 6. The molecule has 0 aromatic heterocycles. The van der Waals surface area contributed by atoms with Gasteiger partial charge in [-0.25, -0.2) is 9.59 Å². The largest absolute Gasteiger partial charge is 0.465 e. The third-order valence-corrected chi connectivity index (χ3v) is 4.42. The smallest absolute Gasteiger partial charge is 0.338 e. The van der Waals surface area contributed by atoms with E-state index >= 15 is 0 Å². The van der Waals surface area contributed by atoms with Crippen LogP contribution in [0.25, 0.3) is 0 Å². The molecule has 0 bridgehead atoms. The number of nitrogens with zero attached hydrogens (tertiary/aromatic N) is 1. The van der Waals surface area contributed by atoms with Crippen LogP contribution in [0.1, 0.15) is 33.6 Å². The molecule has 1 fully saturated rings. The first-order valence-electron chi connectivity index (χ1n) is 9.04. The summed E-state index contributed by atoms with van der Waals surface area (Å²) in [5.41, 5.74) is 1.60. The summed E-state index contributed by atoms with van der Waals surface area (Å²) in [5, 5.41) is 2.68. The van der Waals surface area contributed by atoms with Crippen molar-refractivity contribution in [1.29, 1.82) is 0 Å². The zero-order chi connectivity index (χ0) is 20.8. The lowest BCUT2D eigenvalue weighted by Crippen LogP contribution is -2.27. The van der Waals surface area contributed by atoms with Gasteiger partial charge >= 0.3 is 11.9 Å². The number of ether oxygens (including phenoxy) is 2. The number of rotatable bonds is 6. The molecule has 3 rings (SSSR count). The molecule has 29 heavy (non-hydrogen) atoms. The molecule has 0 spiro atoms. The van der Waals surface area contributed by atoms with Crippen LogP contribution in [0.15, 0.2) is 48.5 Å². The highest BCUT2D eigenvalue weighted by Gasteiger charge is 2.24. The number of amides is 2. The van der Waals surface area contributed by atoms with Crippen LogP contribution in [0.5, 0.6) is 0 Å². The van der Waals surface area contributed by atoms with E-state index in [0.29, 0.717) is 29.9 Å². The molecule has 2 aromatic rings. The minimum atomic E-state index is -0.695. The Morgan fingerprint density at radius 1 is 1.00 bits per heavy atom. The van der Waals surface area contributed by atoms with Gasteiger partial charge in [-0.15, -0.1) is 0 Å². The highest BCUT2D eigenvalue weighted by atomic mass is 16.5. The second-order valence-corrected chi connectivity index (χ2v) is 6.36. The van der Waals surface area contributed by atoms with E-state index in [1.54, 1.807) is 29.2 Å². The van der Waals surface area contributed by atoms with Gasteiger partial charge in [0.25, 0.3) is 5.91 Å². The normalized spacial score (nSPS) is 13.1. The molecule has 0 atom stereocenters. The fourth-order valence-electron chi connectivity index (χ4n) is 2.98. The van der Waals surface area contributed by atoms with Crippen LogP contribution in [0.4, 0.5) is 11.4 Å². The van der Waals surface area contributed by atoms with Crippen molar-refractivity contribution in [2.45, 2.75) is 12.8 Å². The van der Waals surface area contributed by atoms with Crippen LogP contribution in [-0.2, 0) is 19.1 Å². The van der Waals surface area contributed by atoms with Gasteiger partial charge in [0.05, 0.1) is 29.6 Å². The molecule has 2 amide bonds. The summed E-state index contributed by atoms with van der Waals surface area (Å²) >= 11 is 0. The first kappa shape index (κ1) is 20.1. The van der Waals surface area contributed by atoms with Crippen molar-refractivity contribution in [3.05, 3.63) is 59.7 Å². The molecule has 0 unspecified atom stereocenters. The van der Waals surface area contributed by atoms with E-state index in [2.05, 4.69) is 10.1 Å². The molecule has 1 aliphatic rings. The van der Waals surface area contributed by atoms with Crippen molar-refractivity contribution in [3.8, 4) is 0 Å². The fraction of sp³-hybridized carbons (Fsp3) is 0.238. The Morgan fingerprint density at radius 2 is 1.66 bits per heavy atom. The molecular formula is C21H20N2O6. The average molecular weight is 396 g/mol. The van der Waals surface area contributed by atoms with Gasteiger partial charge < -0.3 is 19.7 Å². The summed E-state index contributed by atoms with van der Waals surface area (Å²) in [7, 11) is 1.26. The molecule has 1 heterocycles. The zero-order valence-electron chi connectivity index (χ0n) is 15.8. The van der Waals surface area contributed by atoms with Crippen molar-refractivity contribution in [2.24, 2.45) is 0 Å². The van der Waals surface area contributed by atoms with Gasteiger partial charge in [-0.2, -0.15) is 0 Å². The molecular weight excluding hydrogens is 376 g/mol. The van der Waals surface area contributed by atoms with Gasteiger partial charge in [-0.05, 0) is 42.8 Å². The van der Waals surface area contributed by atoms with E-state index < -0.39 is 24.5 Å². The number of anilines is 2. The molecule has 8 nitrogen and oxygen atoms in total. The maximum atomic E-state index is 12.2. The SMILES string of the molecule is COC(=O)c1ccc(C(=O)OCC(=O)Nc2ccccc2N2CCCC2=O)cc1. The molecule has 1 aliphatic heterocycles. The Hall–Kier alpha value is -3.68. The number of carbonyl (C=O) groups is 4. The minimum Gasteiger partial charge on any atom is -0.465 e. The lowest BCUT2D eigenvalue weighted by molar-refractivity contribution is -0.119. The van der Waals surface area contributed by atoms with Crippen molar-refractivity contribution in [1.82, 2.24) is 0 Å². The van der Waals surface area contributed by atoms with Crippen molar-refractivity contribution < 1.29 is 28.7 Å². The van der Waals surface area contributed by atoms with Crippen LogP contribution < -0.4 is 10.2 Å². The second kappa shape index (κ2) is 9.01. The summed E-state index contributed by atoms with van der Waals surface area (Å²) in [6.07, 6.45) is 1.25. The number of carbonyl (C=O) groups excluding carboxylic acids is 4. The average Bonchev–Trinajstić information content (AvgIpc) is 3.17. The standard InChI is InChI=1S/C21H20N2O6/c1-28-20(26)14-8-10-15(11-9-14)21(27)29-13-18(24)22-16-5-2-3-6-17(16)23-12-4-7-19(23)25/h2-3,5-6,8-11H,4,7,12-13H2,1H3,(H,22,24). The summed E-state index contributed by atoms with van der Waals surface area (Å²) in [4.78, 5) is 49.4. The van der Waals surface area contributed by atoms with E-state index in [9.17, 15) is 19.2 Å². The molecule has 2 aromatic carbocycles. The number of para-hydroxylation sites is 2. The van der Waals surface area contributed by atoms with Crippen LogP contribution in [-0.4, -0.2) is 44.0 Å². The maximum absolute atomic E-state index is 12.2. The Kier molecular flexibility index (Phi) is 6.23. The number of hydrogen-bond donors (Lipinski definition) is 1. The third kappa shape index (κ3) is 4.78. The van der Waals surface area contributed by atoms with Crippen LogP contribution in [0.2, 0.25) is 0 Å². The van der Waals surface area contributed by atoms with E-state index in [-0.39, 0.29) is 11.5 Å². The summed E-state index contributed by atoms with van der Waals surface area (Å²) in [6, 6.07) is 12.7. The minimum absolute atomic E-state index is 0.00790. The number of methoxy groups -OCH3 is 1. The monoisotopic (exact) mass is 396 g/mol. The Bertz CT molecular complexity index is 938. The van der Waals surface area contributed by atoms with Crippen LogP contribution in [0, 0.1) is 0 Å². The van der Waals surface area contributed by atoms with E-state index in [4.69, 9.17) is 4.74 Å². The Balaban J connectivity index is 1.58. The number of benzene rings is 2. The molecule has 8 heteroatoms. The predicted molar refractivity (Wildman–Crippen MR) is 105 cm³/mol. The first-order valence-corrected chi connectivity index (χ1v) is 9.04. The number of nitrogens with one attached hydrogen (secondary N) is 1. The quantitative estimate of drug-likeness (QED) is 0.753. The van der Waals surface area contributed by atoms with Gasteiger partial charge in [0, 0.05) is 13.0 Å². The van der Waals surface area contributed by atoms with Gasteiger partial charge in [0.2, 0.25) is 5.91 Å². The Labute approximate surface area is 167 Å². The first-order chi connectivity index (χ1) is 14.0. The van der Waals surface area contributed by atoms with E-state index in [0.717, 1.165) is 6.42 Å². The molecule has 0 aliphatic carbocycles. The molecule has 1 N–H and O–H groups in total. The van der Waals surface area contributed by atoms with E-state index in [1.165, 1.54) is 31.4 Å². The Morgan fingerprint density at radius 3 is 2.28 bits per heavy atom. The summed E-state index contributed by atoms with van der Waals surface area (Å²) in [6.45, 7) is 0.113. The van der Waals surface area contributed by atoms with Crippen LogP contribution in [0.3, 0.4) is 0 Å². The molecule has 150 valence electrons. The lowest BCUT2D eigenvalue weighted by Gasteiger charge is -2.19. The van der Waals surface area contributed by atoms with Gasteiger partial charge in [0.1, 0.15) is 0 Å². The van der Waals surface area contributed by atoms with Crippen LogP contribution >= 0.6 is 0 Å². The van der Waals surface area contributed by atoms with Gasteiger partial charge in [-0.1, -0.05) is 12.1 Å². The summed E-state index contributed by atoms with van der Waals surface area (Å²) in [5.74, 6) is -1.73. The molecule has 0 radical (unpaired) electrons.